The van der Waals surface area contributed by atoms with Crippen LogP contribution in [0.25, 0.3) is 5.57 Å². The minimum Gasteiger partial charge on any atom is -0.395 e. The van der Waals surface area contributed by atoms with Crippen LogP contribution in [0.1, 0.15) is 18.1 Å². The fourth-order valence-electron chi connectivity index (χ4n) is 3.13. The molecule has 1 aliphatic rings. The van der Waals surface area contributed by atoms with Crippen LogP contribution in [0.5, 0.6) is 0 Å². The predicted molar refractivity (Wildman–Crippen MR) is 101 cm³/mol. The molecular weight excluding hydrogens is 347 g/mol. The van der Waals surface area contributed by atoms with Crippen LogP contribution in [0.15, 0.2) is 54.2 Å². The molecule has 0 fully saturated rings. The lowest BCUT2D eigenvalue weighted by molar-refractivity contribution is -0.120. The molecule has 1 heterocycles. The van der Waals surface area contributed by atoms with Gasteiger partial charge in [0.25, 0.3) is 11.8 Å². The Hall–Kier alpha value is -2.99. The van der Waals surface area contributed by atoms with Gasteiger partial charge in [0.05, 0.1) is 17.9 Å². The minimum atomic E-state index is -0.462. The lowest BCUT2D eigenvalue weighted by atomic mass is 10.0. The molecule has 1 N–H and O–H groups in total. The number of aliphatic hydroxyl groups is 1. The molecule has 0 aromatic heterocycles. The zero-order valence-corrected chi connectivity index (χ0v) is 15.3. The highest BCUT2D eigenvalue weighted by Gasteiger charge is 2.41. The summed E-state index contributed by atoms with van der Waals surface area (Å²) in [4.78, 5) is 28.9. The molecule has 2 aromatic rings. The quantitative estimate of drug-likeness (QED) is 0.797. The van der Waals surface area contributed by atoms with Gasteiger partial charge in [-0.3, -0.25) is 9.59 Å². The van der Waals surface area contributed by atoms with Crippen molar-refractivity contribution in [1.29, 1.82) is 0 Å². The van der Waals surface area contributed by atoms with Crippen LogP contribution in [0.4, 0.5) is 10.1 Å². The maximum Gasteiger partial charge on any atom is 0.282 e. The molecule has 27 heavy (non-hydrogen) atoms. The van der Waals surface area contributed by atoms with Gasteiger partial charge in [0.15, 0.2) is 0 Å². The van der Waals surface area contributed by atoms with Crippen molar-refractivity contribution in [2.45, 2.75) is 13.3 Å². The van der Waals surface area contributed by atoms with E-state index in [2.05, 4.69) is 0 Å². The molecule has 0 saturated heterocycles. The van der Waals surface area contributed by atoms with Crippen LogP contribution in [-0.4, -0.2) is 42.0 Å². The van der Waals surface area contributed by atoms with Gasteiger partial charge in [0.1, 0.15) is 11.5 Å². The zero-order chi connectivity index (χ0) is 19.6. The average molecular weight is 368 g/mol. The molecule has 0 atom stereocenters. The third-order valence-electron chi connectivity index (χ3n) is 4.61. The molecule has 140 valence electrons. The van der Waals surface area contributed by atoms with E-state index in [1.54, 1.807) is 24.1 Å². The Labute approximate surface area is 157 Å². The Morgan fingerprint density at radius 3 is 2.19 bits per heavy atom. The summed E-state index contributed by atoms with van der Waals surface area (Å²) >= 11 is 0. The molecular formula is C21H21FN2O3. The van der Waals surface area contributed by atoms with Gasteiger partial charge in [-0.1, -0.05) is 31.2 Å². The first-order valence-electron chi connectivity index (χ1n) is 8.77. The third-order valence-corrected chi connectivity index (χ3v) is 4.61. The van der Waals surface area contributed by atoms with Gasteiger partial charge in [-0.05, 0) is 41.8 Å². The highest BCUT2D eigenvalue weighted by atomic mass is 19.1. The number of rotatable bonds is 6. The largest absolute Gasteiger partial charge is 0.395 e. The summed E-state index contributed by atoms with van der Waals surface area (Å²) in [6.45, 7) is 2.06. The van der Waals surface area contributed by atoms with Crippen LogP contribution in [-0.2, 0) is 16.0 Å². The van der Waals surface area contributed by atoms with Crippen molar-refractivity contribution in [2.75, 3.05) is 25.1 Å². The fourth-order valence-corrected chi connectivity index (χ4v) is 3.13. The lowest BCUT2D eigenvalue weighted by Crippen LogP contribution is -2.34. The van der Waals surface area contributed by atoms with Crippen LogP contribution in [0.2, 0.25) is 0 Å². The number of nitrogens with zero attached hydrogens (tertiary/aromatic N) is 2. The summed E-state index contributed by atoms with van der Waals surface area (Å²) in [5.41, 5.74) is 2.44. The number of aryl methyl sites for hydroxylation is 1. The maximum absolute atomic E-state index is 13.3. The van der Waals surface area contributed by atoms with E-state index in [1.807, 2.05) is 19.1 Å². The molecule has 2 amide bonds. The van der Waals surface area contributed by atoms with Crippen molar-refractivity contribution in [3.63, 3.8) is 0 Å². The zero-order valence-electron chi connectivity index (χ0n) is 15.3. The first-order valence-corrected chi connectivity index (χ1v) is 8.77. The number of carbonyl (C=O) groups excluding carboxylic acids is 2. The van der Waals surface area contributed by atoms with Gasteiger partial charge >= 0.3 is 0 Å². The molecule has 0 unspecified atom stereocenters. The van der Waals surface area contributed by atoms with E-state index in [9.17, 15) is 19.1 Å². The maximum atomic E-state index is 13.3. The summed E-state index contributed by atoms with van der Waals surface area (Å²) in [5.74, 6) is -1.34. The Morgan fingerprint density at radius 1 is 1.00 bits per heavy atom. The van der Waals surface area contributed by atoms with Crippen molar-refractivity contribution >= 4 is 23.1 Å². The molecule has 0 spiro atoms. The van der Waals surface area contributed by atoms with E-state index >= 15 is 0 Å². The van der Waals surface area contributed by atoms with Crippen molar-refractivity contribution in [3.8, 4) is 0 Å². The Bertz CT molecular complexity index is 889. The monoisotopic (exact) mass is 368 g/mol. The molecule has 0 aliphatic carbocycles. The Morgan fingerprint density at radius 2 is 1.63 bits per heavy atom. The molecule has 5 nitrogen and oxygen atoms in total. The molecule has 0 saturated carbocycles. The standard InChI is InChI=1S/C21H21FN2O3/c1-3-14-4-10-17(11-5-14)24-20(26)18(15-6-8-16(22)9-7-15)19(21(24)27)23(2)12-13-25/h4-11,25H,3,12-13H2,1-2H3. The van der Waals surface area contributed by atoms with E-state index in [1.165, 1.54) is 24.3 Å². The second kappa shape index (κ2) is 7.72. The van der Waals surface area contributed by atoms with Gasteiger partial charge in [-0.2, -0.15) is 0 Å². The second-order valence-corrected chi connectivity index (χ2v) is 6.34. The van der Waals surface area contributed by atoms with Gasteiger partial charge in [-0.25, -0.2) is 9.29 Å². The van der Waals surface area contributed by atoms with Crippen molar-refractivity contribution in [3.05, 3.63) is 71.2 Å². The first-order chi connectivity index (χ1) is 13.0. The summed E-state index contributed by atoms with van der Waals surface area (Å²) in [6.07, 6.45) is 0.853. The molecule has 0 bridgehead atoms. The number of benzene rings is 2. The first kappa shape index (κ1) is 18.8. The van der Waals surface area contributed by atoms with E-state index in [4.69, 9.17) is 0 Å². The number of hydrogen-bond donors (Lipinski definition) is 1. The summed E-state index contributed by atoms with van der Waals surface area (Å²) < 4.78 is 13.3. The molecule has 3 rings (SSSR count). The van der Waals surface area contributed by atoms with E-state index in [0.29, 0.717) is 11.3 Å². The number of likely N-dealkylation sites (N-methyl/N-ethyl adjacent to an activating group) is 1. The minimum absolute atomic E-state index is 0.163. The van der Waals surface area contributed by atoms with Crippen LogP contribution in [0.3, 0.4) is 0 Å². The molecule has 2 aromatic carbocycles. The van der Waals surface area contributed by atoms with Crippen molar-refractivity contribution < 1.29 is 19.1 Å². The van der Waals surface area contributed by atoms with Crippen LogP contribution >= 0.6 is 0 Å². The van der Waals surface area contributed by atoms with Crippen LogP contribution < -0.4 is 4.90 Å². The highest BCUT2D eigenvalue weighted by molar-refractivity contribution is 6.45. The van der Waals surface area contributed by atoms with E-state index in [-0.39, 0.29) is 24.4 Å². The number of aliphatic hydroxyl groups excluding tert-OH is 1. The normalized spacial score (nSPS) is 14.3. The summed E-state index contributed by atoms with van der Waals surface area (Å²) in [6, 6.07) is 12.7. The summed E-state index contributed by atoms with van der Waals surface area (Å²) in [7, 11) is 1.64. The van der Waals surface area contributed by atoms with Gasteiger partial charge < -0.3 is 10.0 Å². The smallest absolute Gasteiger partial charge is 0.282 e. The van der Waals surface area contributed by atoms with Crippen LogP contribution in [0, 0.1) is 5.82 Å². The summed E-state index contributed by atoms with van der Waals surface area (Å²) in [5, 5.41) is 9.26. The average Bonchev–Trinajstić information content (AvgIpc) is 2.93. The number of carbonyl (C=O) groups is 2. The highest BCUT2D eigenvalue weighted by Crippen LogP contribution is 2.34. The number of hydrogen-bond acceptors (Lipinski definition) is 4. The lowest BCUT2D eigenvalue weighted by Gasteiger charge is -2.20. The molecule has 1 aliphatic heterocycles. The Balaban J connectivity index is 2.08. The molecule has 0 radical (unpaired) electrons. The number of imide groups is 1. The second-order valence-electron chi connectivity index (χ2n) is 6.34. The number of amides is 2. The molecule has 6 heteroatoms. The van der Waals surface area contributed by atoms with Crippen molar-refractivity contribution in [1.82, 2.24) is 4.90 Å². The third kappa shape index (κ3) is 3.48. The number of anilines is 1. The van der Waals surface area contributed by atoms with Crippen molar-refractivity contribution in [2.24, 2.45) is 0 Å². The van der Waals surface area contributed by atoms with Gasteiger partial charge in [0.2, 0.25) is 0 Å². The van der Waals surface area contributed by atoms with Gasteiger partial charge in [-0.15, -0.1) is 0 Å². The van der Waals surface area contributed by atoms with Gasteiger partial charge in [0, 0.05) is 13.6 Å². The number of halogens is 1. The topological polar surface area (TPSA) is 60.9 Å². The SMILES string of the molecule is CCc1ccc(N2C(=O)C(c3ccc(F)cc3)=C(N(C)CCO)C2=O)cc1. The predicted octanol–water partition coefficient (Wildman–Crippen LogP) is 2.60. The fraction of sp³-hybridized carbons (Fsp3) is 0.238. The van der Waals surface area contributed by atoms with E-state index < -0.39 is 17.6 Å². The Kier molecular flexibility index (Phi) is 5.37. The van der Waals surface area contributed by atoms with E-state index in [0.717, 1.165) is 16.9 Å².